The summed E-state index contributed by atoms with van der Waals surface area (Å²) in [6.45, 7) is 8.71. The van der Waals surface area contributed by atoms with Gasteiger partial charge in [0.05, 0.1) is 23.7 Å². The first-order valence-corrected chi connectivity index (χ1v) is 11.2. The molecule has 1 saturated heterocycles. The Kier molecular flexibility index (Phi) is 7.68. The Morgan fingerprint density at radius 2 is 2.00 bits per heavy atom. The molecule has 1 aliphatic rings. The predicted molar refractivity (Wildman–Crippen MR) is 111 cm³/mol. The molecule has 1 fully saturated rings. The molecule has 0 aromatic heterocycles. The van der Waals surface area contributed by atoms with E-state index in [1.165, 1.54) is 5.56 Å². The summed E-state index contributed by atoms with van der Waals surface area (Å²) >= 11 is 0. The summed E-state index contributed by atoms with van der Waals surface area (Å²) in [6.07, 6.45) is 1.05. The van der Waals surface area contributed by atoms with E-state index in [1.54, 1.807) is 27.8 Å². The molecule has 6 nitrogen and oxygen atoms in total. The molecule has 2 rings (SSSR count). The maximum atomic E-state index is 12.2. The predicted octanol–water partition coefficient (Wildman–Crippen LogP) is 2.31. The number of hydrogen-bond acceptors (Lipinski definition) is 4. The maximum Gasteiger partial charge on any atom is 0.193 e. The van der Waals surface area contributed by atoms with Crippen LogP contribution in [-0.2, 0) is 21.2 Å². The van der Waals surface area contributed by atoms with Crippen molar-refractivity contribution in [2.75, 3.05) is 39.0 Å². The van der Waals surface area contributed by atoms with Crippen molar-refractivity contribution in [1.82, 2.24) is 10.2 Å². The fourth-order valence-electron chi connectivity index (χ4n) is 3.01. The molecule has 27 heavy (non-hydrogen) atoms. The van der Waals surface area contributed by atoms with Crippen molar-refractivity contribution in [3.05, 3.63) is 35.9 Å². The molecule has 1 aromatic carbocycles. The van der Waals surface area contributed by atoms with Crippen LogP contribution in [0.4, 0.5) is 0 Å². The highest BCUT2D eigenvalue weighted by atomic mass is 32.2. The van der Waals surface area contributed by atoms with Gasteiger partial charge in [-0.15, -0.1) is 0 Å². The molecule has 0 saturated carbocycles. The standard InChI is InChI=1S/C20H33N3O3S/c1-20(2,3)27(24,25)13-11-22-19(21-4)23-12-10-18(14-23)16-26-15-17-8-6-5-7-9-17/h5-9,18H,10-16H2,1-4H3,(H,21,22). The Morgan fingerprint density at radius 3 is 2.63 bits per heavy atom. The molecular formula is C20H33N3O3S. The minimum Gasteiger partial charge on any atom is -0.376 e. The summed E-state index contributed by atoms with van der Waals surface area (Å²) in [5, 5.41) is 3.20. The zero-order valence-corrected chi connectivity index (χ0v) is 17.8. The lowest BCUT2D eigenvalue weighted by Gasteiger charge is -2.23. The molecular weight excluding hydrogens is 362 g/mol. The van der Waals surface area contributed by atoms with Crippen LogP contribution in [0.25, 0.3) is 0 Å². The highest BCUT2D eigenvalue weighted by molar-refractivity contribution is 7.92. The number of guanidine groups is 1. The molecule has 1 aliphatic heterocycles. The zero-order valence-electron chi connectivity index (χ0n) is 16.9. The largest absolute Gasteiger partial charge is 0.376 e. The van der Waals surface area contributed by atoms with E-state index in [1.807, 2.05) is 18.2 Å². The van der Waals surface area contributed by atoms with Gasteiger partial charge in [-0.2, -0.15) is 0 Å². The van der Waals surface area contributed by atoms with Crippen LogP contribution in [0.1, 0.15) is 32.8 Å². The normalized spacial score (nSPS) is 18.7. The molecule has 7 heteroatoms. The smallest absolute Gasteiger partial charge is 0.193 e. The first-order valence-electron chi connectivity index (χ1n) is 9.52. The number of aliphatic imine (C=N–C) groups is 1. The quantitative estimate of drug-likeness (QED) is 0.567. The van der Waals surface area contributed by atoms with E-state index in [4.69, 9.17) is 4.74 Å². The van der Waals surface area contributed by atoms with Crippen molar-refractivity contribution in [2.45, 2.75) is 38.5 Å². The van der Waals surface area contributed by atoms with Crippen LogP contribution in [-0.4, -0.2) is 63.1 Å². The molecule has 1 atom stereocenters. The first kappa shape index (κ1) is 21.7. The van der Waals surface area contributed by atoms with E-state index in [0.717, 1.165) is 32.1 Å². The summed E-state index contributed by atoms with van der Waals surface area (Å²) in [6, 6.07) is 10.2. The van der Waals surface area contributed by atoms with Crippen LogP contribution in [0.15, 0.2) is 35.3 Å². The van der Waals surface area contributed by atoms with Crippen molar-refractivity contribution >= 4 is 15.8 Å². The summed E-state index contributed by atoms with van der Waals surface area (Å²) in [4.78, 5) is 6.49. The van der Waals surface area contributed by atoms with E-state index in [2.05, 4.69) is 27.3 Å². The van der Waals surface area contributed by atoms with Crippen LogP contribution in [0.5, 0.6) is 0 Å². The third-order valence-corrected chi connectivity index (χ3v) is 7.46. The number of sulfone groups is 1. The fraction of sp³-hybridized carbons (Fsp3) is 0.650. The second-order valence-electron chi connectivity index (χ2n) is 8.01. The average Bonchev–Trinajstić information content (AvgIpc) is 3.07. The van der Waals surface area contributed by atoms with Gasteiger partial charge in [-0.1, -0.05) is 30.3 Å². The summed E-state index contributed by atoms with van der Waals surface area (Å²) in [5.41, 5.74) is 1.19. The lowest BCUT2D eigenvalue weighted by atomic mass is 10.1. The third-order valence-electron chi connectivity index (χ3n) is 4.85. The van der Waals surface area contributed by atoms with Crippen molar-refractivity contribution in [3.8, 4) is 0 Å². The highest BCUT2D eigenvalue weighted by Crippen LogP contribution is 2.18. The van der Waals surface area contributed by atoms with Crippen LogP contribution in [0.2, 0.25) is 0 Å². The van der Waals surface area contributed by atoms with Crippen LogP contribution < -0.4 is 5.32 Å². The number of hydrogen-bond donors (Lipinski definition) is 1. The highest BCUT2D eigenvalue weighted by Gasteiger charge is 2.29. The monoisotopic (exact) mass is 395 g/mol. The summed E-state index contributed by atoms with van der Waals surface area (Å²) in [7, 11) is -1.39. The van der Waals surface area contributed by atoms with Crippen molar-refractivity contribution < 1.29 is 13.2 Å². The van der Waals surface area contributed by atoms with Crippen molar-refractivity contribution in [1.29, 1.82) is 0 Å². The molecule has 0 aliphatic carbocycles. The Morgan fingerprint density at radius 1 is 1.30 bits per heavy atom. The van der Waals surface area contributed by atoms with Crippen LogP contribution >= 0.6 is 0 Å². The Labute approximate surface area is 163 Å². The molecule has 152 valence electrons. The number of likely N-dealkylation sites (tertiary alicyclic amines) is 1. The topological polar surface area (TPSA) is 71.0 Å². The molecule has 1 aromatic rings. The van der Waals surface area contributed by atoms with Gasteiger partial charge in [0.1, 0.15) is 0 Å². The first-order chi connectivity index (χ1) is 12.7. The lowest BCUT2D eigenvalue weighted by Crippen LogP contribution is -2.43. The number of rotatable bonds is 7. The average molecular weight is 396 g/mol. The van der Waals surface area contributed by atoms with E-state index >= 15 is 0 Å². The summed E-state index contributed by atoms with van der Waals surface area (Å²) in [5.74, 6) is 1.34. The Balaban J connectivity index is 1.74. The van der Waals surface area contributed by atoms with E-state index < -0.39 is 14.6 Å². The number of nitrogens with zero attached hydrogens (tertiary/aromatic N) is 2. The number of ether oxygens (including phenoxy) is 1. The molecule has 1 heterocycles. The second kappa shape index (κ2) is 9.55. The lowest BCUT2D eigenvalue weighted by molar-refractivity contribution is 0.0907. The molecule has 0 bridgehead atoms. The van der Waals surface area contributed by atoms with Gasteiger partial charge in [0, 0.05) is 32.6 Å². The molecule has 1 N–H and O–H groups in total. The minimum atomic E-state index is -3.13. The van der Waals surface area contributed by atoms with E-state index in [9.17, 15) is 8.42 Å². The van der Waals surface area contributed by atoms with Gasteiger partial charge in [0.15, 0.2) is 15.8 Å². The SMILES string of the molecule is CN=C(NCCS(=O)(=O)C(C)(C)C)N1CCC(COCc2ccccc2)C1. The molecule has 0 spiro atoms. The van der Waals surface area contributed by atoms with E-state index in [0.29, 0.717) is 19.1 Å². The second-order valence-corrected chi connectivity index (χ2v) is 10.9. The van der Waals surface area contributed by atoms with Gasteiger partial charge in [-0.05, 0) is 32.8 Å². The van der Waals surface area contributed by atoms with E-state index in [-0.39, 0.29) is 5.75 Å². The van der Waals surface area contributed by atoms with Gasteiger partial charge in [0.25, 0.3) is 0 Å². The number of benzene rings is 1. The van der Waals surface area contributed by atoms with Crippen molar-refractivity contribution in [3.63, 3.8) is 0 Å². The van der Waals surface area contributed by atoms with Gasteiger partial charge < -0.3 is 15.0 Å². The van der Waals surface area contributed by atoms with Crippen LogP contribution in [0.3, 0.4) is 0 Å². The Hall–Kier alpha value is -1.60. The maximum absolute atomic E-state index is 12.2. The fourth-order valence-corrected chi connectivity index (χ4v) is 4.00. The van der Waals surface area contributed by atoms with Gasteiger partial charge >= 0.3 is 0 Å². The summed E-state index contributed by atoms with van der Waals surface area (Å²) < 4.78 is 29.6. The van der Waals surface area contributed by atoms with Gasteiger partial charge in [-0.25, -0.2) is 8.42 Å². The molecule has 0 radical (unpaired) electrons. The van der Waals surface area contributed by atoms with Gasteiger partial charge in [-0.3, -0.25) is 4.99 Å². The van der Waals surface area contributed by atoms with Gasteiger partial charge in [0.2, 0.25) is 0 Å². The van der Waals surface area contributed by atoms with Crippen LogP contribution in [0, 0.1) is 5.92 Å². The third kappa shape index (κ3) is 6.50. The molecule has 0 amide bonds. The number of nitrogens with one attached hydrogen (secondary N) is 1. The minimum absolute atomic E-state index is 0.104. The molecule has 1 unspecified atom stereocenters. The zero-order chi connectivity index (χ0) is 19.9. The Bertz CT molecular complexity index is 712. The van der Waals surface area contributed by atoms with Crippen molar-refractivity contribution in [2.24, 2.45) is 10.9 Å².